The van der Waals surface area contributed by atoms with E-state index in [4.69, 9.17) is 5.11 Å². The van der Waals surface area contributed by atoms with Crippen LogP contribution in [-0.4, -0.2) is 16.1 Å². The van der Waals surface area contributed by atoms with Crippen molar-refractivity contribution in [2.45, 2.75) is 25.2 Å². The molecule has 3 heteroatoms. The van der Waals surface area contributed by atoms with Gasteiger partial charge >= 0.3 is 5.97 Å². The number of carboxylic acid groups (broad SMARTS) is 1. The number of carbonyl (C=O) groups is 1. The highest BCUT2D eigenvalue weighted by atomic mass is 16.4. The van der Waals surface area contributed by atoms with Crippen LogP contribution in [0.15, 0.2) is 12.3 Å². The van der Waals surface area contributed by atoms with Crippen molar-refractivity contribution in [2.75, 3.05) is 0 Å². The van der Waals surface area contributed by atoms with Crippen LogP contribution >= 0.6 is 0 Å². The number of rotatable bonds is 2. The zero-order chi connectivity index (χ0) is 8.55. The summed E-state index contributed by atoms with van der Waals surface area (Å²) in [6.45, 7) is 0. The molecule has 1 aromatic heterocycles. The first-order chi connectivity index (χ1) is 5.79. The zero-order valence-corrected chi connectivity index (χ0v) is 6.71. The Bertz CT molecular complexity index is 299. The number of hydrogen-bond donors (Lipinski definition) is 2. The minimum atomic E-state index is -0.845. The van der Waals surface area contributed by atoms with Gasteiger partial charge in [0, 0.05) is 6.20 Å². The second-order valence-corrected chi connectivity index (χ2v) is 3.24. The molecule has 1 saturated carbocycles. The number of carboxylic acids is 1. The lowest BCUT2D eigenvalue weighted by molar-refractivity contribution is 0.0688. The molecule has 1 aromatic rings. The summed E-state index contributed by atoms with van der Waals surface area (Å²) >= 11 is 0. The van der Waals surface area contributed by atoms with Crippen LogP contribution < -0.4 is 0 Å². The lowest BCUT2D eigenvalue weighted by atomic mass is 9.80. The number of H-pyrrole nitrogens is 1. The van der Waals surface area contributed by atoms with Crippen LogP contribution in [0.2, 0.25) is 0 Å². The Morgan fingerprint density at radius 1 is 1.58 bits per heavy atom. The molecule has 0 unspecified atom stereocenters. The summed E-state index contributed by atoms with van der Waals surface area (Å²) in [6.07, 6.45) is 5.21. The number of aromatic amines is 1. The van der Waals surface area contributed by atoms with E-state index in [1.54, 1.807) is 6.20 Å². The predicted molar refractivity (Wildman–Crippen MR) is 44.3 cm³/mol. The van der Waals surface area contributed by atoms with Crippen LogP contribution in [0.5, 0.6) is 0 Å². The van der Waals surface area contributed by atoms with Crippen LogP contribution in [0.1, 0.15) is 41.2 Å². The van der Waals surface area contributed by atoms with E-state index in [0.717, 1.165) is 18.4 Å². The van der Waals surface area contributed by atoms with Crippen LogP contribution in [0.4, 0.5) is 0 Å². The first-order valence-corrected chi connectivity index (χ1v) is 4.19. The lowest BCUT2D eigenvalue weighted by Crippen LogP contribution is -2.12. The van der Waals surface area contributed by atoms with Crippen molar-refractivity contribution in [1.82, 2.24) is 4.98 Å². The second kappa shape index (κ2) is 2.66. The van der Waals surface area contributed by atoms with Gasteiger partial charge in [0.1, 0.15) is 5.69 Å². The zero-order valence-electron chi connectivity index (χ0n) is 6.71. The monoisotopic (exact) mass is 165 g/mol. The number of hydrogen-bond acceptors (Lipinski definition) is 1. The average molecular weight is 165 g/mol. The maximum Gasteiger partial charge on any atom is 0.352 e. The fraction of sp³-hybridized carbons (Fsp3) is 0.444. The van der Waals surface area contributed by atoms with E-state index in [9.17, 15) is 4.79 Å². The van der Waals surface area contributed by atoms with Crippen LogP contribution in [0, 0.1) is 0 Å². The van der Waals surface area contributed by atoms with Gasteiger partial charge in [-0.3, -0.25) is 0 Å². The molecule has 1 fully saturated rings. The Morgan fingerprint density at radius 2 is 2.33 bits per heavy atom. The Morgan fingerprint density at radius 3 is 2.83 bits per heavy atom. The van der Waals surface area contributed by atoms with Crippen molar-refractivity contribution in [3.05, 3.63) is 23.5 Å². The van der Waals surface area contributed by atoms with Crippen LogP contribution in [0.25, 0.3) is 0 Å². The molecule has 0 aliphatic heterocycles. The molecule has 2 rings (SSSR count). The third-order valence-electron chi connectivity index (χ3n) is 2.54. The molecule has 0 bridgehead atoms. The smallest absolute Gasteiger partial charge is 0.352 e. The van der Waals surface area contributed by atoms with Crippen LogP contribution in [0.3, 0.4) is 0 Å². The summed E-state index contributed by atoms with van der Waals surface area (Å²) in [5.74, 6) is -0.357. The lowest BCUT2D eigenvalue weighted by Gasteiger charge is -2.25. The molecule has 0 saturated heterocycles. The molecule has 3 nitrogen and oxygen atoms in total. The molecule has 1 aliphatic carbocycles. The van der Waals surface area contributed by atoms with Gasteiger partial charge in [0.15, 0.2) is 0 Å². The van der Waals surface area contributed by atoms with Crippen molar-refractivity contribution >= 4 is 5.97 Å². The van der Waals surface area contributed by atoms with Crippen molar-refractivity contribution < 1.29 is 9.90 Å². The molecule has 0 atom stereocenters. The Hall–Kier alpha value is -1.25. The Balaban J connectivity index is 2.29. The fourth-order valence-corrected chi connectivity index (χ4v) is 1.63. The van der Waals surface area contributed by atoms with E-state index < -0.39 is 5.97 Å². The molecular weight excluding hydrogens is 154 g/mol. The molecular formula is C9H11NO2. The molecule has 64 valence electrons. The van der Waals surface area contributed by atoms with Gasteiger partial charge in [0.25, 0.3) is 0 Å². The molecule has 0 aromatic carbocycles. The van der Waals surface area contributed by atoms with E-state index in [0.29, 0.717) is 11.6 Å². The predicted octanol–water partition coefficient (Wildman–Crippen LogP) is 1.98. The topological polar surface area (TPSA) is 53.1 Å². The van der Waals surface area contributed by atoms with Crippen molar-refractivity contribution in [1.29, 1.82) is 0 Å². The summed E-state index contributed by atoms with van der Waals surface area (Å²) in [5, 5.41) is 8.79. The van der Waals surface area contributed by atoms with E-state index in [2.05, 4.69) is 4.98 Å². The van der Waals surface area contributed by atoms with Gasteiger partial charge in [-0.1, -0.05) is 6.42 Å². The largest absolute Gasteiger partial charge is 0.477 e. The van der Waals surface area contributed by atoms with E-state index in [-0.39, 0.29) is 0 Å². The highest BCUT2D eigenvalue weighted by molar-refractivity contribution is 5.87. The minimum absolute atomic E-state index is 0.375. The fourth-order valence-electron chi connectivity index (χ4n) is 1.63. The SMILES string of the molecule is O=C(O)c1[nH]ccc1C1CCC1. The maximum atomic E-state index is 10.7. The molecule has 12 heavy (non-hydrogen) atoms. The quantitative estimate of drug-likeness (QED) is 0.704. The summed E-state index contributed by atoms with van der Waals surface area (Å²) in [5.41, 5.74) is 1.36. The highest BCUT2D eigenvalue weighted by Gasteiger charge is 2.24. The third kappa shape index (κ3) is 1.02. The first-order valence-electron chi connectivity index (χ1n) is 4.19. The Labute approximate surface area is 70.4 Å². The van der Waals surface area contributed by atoms with Crippen LogP contribution in [-0.2, 0) is 0 Å². The summed E-state index contributed by atoms with van der Waals surface area (Å²) < 4.78 is 0. The molecule has 0 spiro atoms. The molecule has 2 N–H and O–H groups in total. The summed E-state index contributed by atoms with van der Waals surface area (Å²) in [7, 11) is 0. The standard InChI is InChI=1S/C9H11NO2/c11-9(12)8-7(4-5-10-8)6-2-1-3-6/h4-6,10H,1-3H2,(H,11,12). The van der Waals surface area contributed by atoms with Gasteiger partial charge in [-0.05, 0) is 30.4 Å². The Kier molecular flexibility index (Phi) is 1.64. The van der Waals surface area contributed by atoms with Crippen molar-refractivity contribution in [3.63, 3.8) is 0 Å². The van der Waals surface area contributed by atoms with E-state index in [1.807, 2.05) is 6.07 Å². The molecule has 0 radical (unpaired) electrons. The summed E-state index contributed by atoms with van der Waals surface area (Å²) in [6, 6.07) is 1.88. The normalized spacial score (nSPS) is 17.3. The second-order valence-electron chi connectivity index (χ2n) is 3.24. The summed E-state index contributed by atoms with van der Waals surface area (Å²) in [4.78, 5) is 13.5. The van der Waals surface area contributed by atoms with Crippen molar-refractivity contribution in [3.8, 4) is 0 Å². The minimum Gasteiger partial charge on any atom is -0.477 e. The van der Waals surface area contributed by atoms with Gasteiger partial charge in [-0.2, -0.15) is 0 Å². The van der Waals surface area contributed by atoms with E-state index in [1.165, 1.54) is 6.42 Å². The van der Waals surface area contributed by atoms with Gasteiger partial charge in [0.05, 0.1) is 0 Å². The first kappa shape index (κ1) is 7.40. The highest BCUT2D eigenvalue weighted by Crippen LogP contribution is 2.37. The number of aromatic carboxylic acids is 1. The number of aromatic nitrogens is 1. The van der Waals surface area contributed by atoms with Gasteiger partial charge in [0.2, 0.25) is 0 Å². The number of nitrogens with one attached hydrogen (secondary N) is 1. The maximum absolute atomic E-state index is 10.7. The van der Waals surface area contributed by atoms with Crippen molar-refractivity contribution in [2.24, 2.45) is 0 Å². The molecule has 1 aliphatic rings. The third-order valence-corrected chi connectivity index (χ3v) is 2.54. The molecule has 1 heterocycles. The van der Waals surface area contributed by atoms with E-state index >= 15 is 0 Å². The van der Waals surface area contributed by atoms with Gasteiger partial charge < -0.3 is 10.1 Å². The average Bonchev–Trinajstić information content (AvgIpc) is 2.31. The van der Waals surface area contributed by atoms with Gasteiger partial charge in [-0.25, -0.2) is 4.79 Å². The van der Waals surface area contributed by atoms with Gasteiger partial charge in [-0.15, -0.1) is 0 Å². The molecule has 0 amide bonds.